The van der Waals surface area contributed by atoms with Crippen LogP contribution in [0.4, 0.5) is 5.13 Å². The second kappa shape index (κ2) is 8.73. The van der Waals surface area contributed by atoms with Crippen LogP contribution in [0.3, 0.4) is 0 Å². The van der Waals surface area contributed by atoms with Crippen LogP contribution in [-0.4, -0.2) is 40.0 Å². The number of nitrogens with one attached hydrogen (secondary N) is 1. The van der Waals surface area contributed by atoms with Crippen molar-refractivity contribution in [3.63, 3.8) is 0 Å². The Kier molecular flexibility index (Phi) is 6.37. The summed E-state index contributed by atoms with van der Waals surface area (Å²) in [5.74, 6) is 0.144. The number of carbonyl (C=O) groups is 2. The number of carbonyl (C=O) groups excluding carboxylic acids is 2. The molecular formula is C18H24N4O2S2. The molecule has 0 spiro atoms. The van der Waals surface area contributed by atoms with Gasteiger partial charge in [-0.2, -0.15) is 0 Å². The molecule has 0 bridgehead atoms. The van der Waals surface area contributed by atoms with E-state index in [1.54, 1.807) is 4.90 Å². The Morgan fingerprint density at radius 2 is 2.15 bits per heavy atom. The van der Waals surface area contributed by atoms with Gasteiger partial charge in [0.25, 0.3) is 5.91 Å². The lowest BCUT2D eigenvalue weighted by molar-refractivity contribution is -0.121. The van der Waals surface area contributed by atoms with Gasteiger partial charge in [0.1, 0.15) is 5.01 Å². The number of aromatic nitrogens is 2. The summed E-state index contributed by atoms with van der Waals surface area (Å²) >= 11 is 2.89. The van der Waals surface area contributed by atoms with Gasteiger partial charge in [-0.25, -0.2) is 0 Å². The molecule has 0 aromatic carbocycles. The molecule has 3 heterocycles. The van der Waals surface area contributed by atoms with Crippen molar-refractivity contribution in [1.29, 1.82) is 0 Å². The fourth-order valence-electron chi connectivity index (χ4n) is 3.23. The van der Waals surface area contributed by atoms with E-state index in [1.165, 1.54) is 22.7 Å². The summed E-state index contributed by atoms with van der Waals surface area (Å²) in [6, 6.07) is 3.70. The van der Waals surface area contributed by atoms with Crippen LogP contribution in [0.15, 0.2) is 17.5 Å². The second-order valence-electron chi connectivity index (χ2n) is 6.52. The predicted octanol–water partition coefficient (Wildman–Crippen LogP) is 3.99. The molecule has 0 radical (unpaired) electrons. The molecule has 2 aromatic rings. The van der Waals surface area contributed by atoms with Gasteiger partial charge in [0.15, 0.2) is 0 Å². The number of thiophene rings is 1. The van der Waals surface area contributed by atoms with E-state index in [0.29, 0.717) is 24.1 Å². The minimum atomic E-state index is -0.201. The van der Waals surface area contributed by atoms with E-state index in [1.807, 2.05) is 17.5 Å². The SMILES string of the molecule is CCC(CC)c1nnc(NC(=O)[C@H]2CCCN(C(=O)c3cccs3)C2)s1. The van der Waals surface area contributed by atoms with Crippen molar-refractivity contribution in [3.8, 4) is 0 Å². The molecule has 2 aromatic heterocycles. The van der Waals surface area contributed by atoms with E-state index in [4.69, 9.17) is 0 Å². The maximum absolute atomic E-state index is 12.6. The molecule has 3 rings (SSSR count). The zero-order valence-corrected chi connectivity index (χ0v) is 16.7. The quantitative estimate of drug-likeness (QED) is 0.806. The smallest absolute Gasteiger partial charge is 0.263 e. The molecule has 1 saturated heterocycles. The molecule has 1 fully saturated rings. The second-order valence-corrected chi connectivity index (χ2v) is 8.47. The molecule has 8 heteroatoms. The van der Waals surface area contributed by atoms with Crippen LogP contribution in [0.5, 0.6) is 0 Å². The van der Waals surface area contributed by atoms with Crippen LogP contribution in [0.2, 0.25) is 0 Å². The van der Waals surface area contributed by atoms with Gasteiger partial charge in [0, 0.05) is 19.0 Å². The molecule has 0 unspecified atom stereocenters. The summed E-state index contributed by atoms with van der Waals surface area (Å²) in [6.45, 7) is 5.43. The first-order valence-corrected chi connectivity index (χ1v) is 10.8. The van der Waals surface area contributed by atoms with E-state index in [0.717, 1.165) is 35.6 Å². The lowest BCUT2D eigenvalue weighted by Gasteiger charge is -2.31. The first kappa shape index (κ1) is 19.0. The largest absolute Gasteiger partial charge is 0.337 e. The van der Waals surface area contributed by atoms with Gasteiger partial charge in [-0.15, -0.1) is 21.5 Å². The standard InChI is InChI=1S/C18H24N4O2S2/c1-3-12(4-2)16-20-21-18(26-16)19-15(23)13-7-5-9-22(11-13)17(24)14-8-6-10-25-14/h6,8,10,12-13H,3-5,7,9,11H2,1-2H3,(H,19,21,23)/t13-/m0/s1. The molecule has 1 aliphatic rings. The van der Waals surface area contributed by atoms with Gasteiger partial charge < -0.3 is 10.2 Å². The molecule has 1 atom stereocenters. The van der Waals surface area contributed by atoms with Crippen LogP contribution in [0.25, 0.3) is 0 Å². The summed E-state index contributed by atoms with van der Waals surface area (Å²) in [6.07, 6.45) is 3.66. The Morgan fingerprint density at radius 1 is 1.35 bits per heavy atom. The molecule has 0 aliphatic carbocycles. The first-order valence-electron chi connectivity index (χ1n) is 9.09. The van der Waals surface area contributed by atoms with Gasteiger partial charge in [-0.05, 0) is 37.1 Å². The number of piperidine rings is 1. The topological polar surface area (TPSA) is 75.2 Å². The fourth-order valence-corrected chi connectivity index (χ4v) is 4.93. The predicted molar refractivity (Wildman–Crippen MR) is 105 cm³/mol. The monoisotopic (exact) mass is 392 g/mol. The van der Waals surface area contributed by atoms with Crippen molar-refractivity contribution in [2.45, 2.75) is 45.4 Å². The van der Waals surface area contributed by atoms with Gasteiger partial charge >= 0.3 is 0 Å². The molecule has 1 aliphatic heterocycles. The van der Waals surface area contributed by atoms with E-state index >= 15 is 0 Å². The molecule has 140 valence electrons. The summed E-state index contributed by atoms with van der Waals surface area (Å²) < 4.78 is 0. The van der Waals surface area contributed by atoms with Crippen LogP contribution in [0, 0.1) is 5.92 Å². The van der Waals surface area contributed by atoms with Crippen molar-refractivity contribution >= 4 is 39.6 Å². The molecule has 1 N–H and O–H groups in total. The van der Waals surface area contributed by atoms with Crippen LogP contribution in [0.1, 0.15) is 60.1 Å². The van der Waals surface area contributed by atoms with Crippen LogP contribution < -0.4 is 5.32 Å². The number of anilines is 1. The third-order valence-corrected chi connectivity index (χ3v) is 6.68. The van der Waals surface area contributed by atoms with Gasteiger partial charge in [-0.1, -0.05) is 31.3 Å². The number of likely N-dealkylation sites (tertiary alicyclic amines) is 1. The lowest BCUT2D eigenvalue weighted by Crippen LogP contribution is -2.43. The summed E-state index contributed by atoms with van der Waals surface area (Å²) in [4.78, 5) is 27.7. The van der Waals surface area contributed by atoms with Crippen LogP contribution >= 0.6 is 22.7 Å². The zero-order valence-electron chi connectivity index (χ0n) is 15.1. The minimum absolute atomic E-state index is 0.0180. The average molecular weight is 393 g/mol. The lowest BCUT2D eigenvalue weighted by atomic mass is 9.97. The normalized spacial score (nSPS) is 17.5. The number of rotatable bonds is 6. The van der Waals surface area contributed by atoms with Gasteiger partial charge in [0.2, 0.25) is 11.0 Å². The fraction of sp³-hybridized carbons (Fsp3) is 0.556. The average Bonchev–Trinajstić information content (AvgIpc) is 3.35. The van der Waals surface area contributed by atoms with Gasteiger partial charge in [0.05, 0.1) is 10.8 Å². The summed E-state index contributed by atoms with van der Waals surface area (Å²) in [5.41, 5.74) is 0. The highest BCUT2D eigenvalue weighted by atomic mass is 32.1. The van der Waals surface area contributed by atoms with Crippen LogP contribution in [-0.2, 0) is 4.79 Å². The Balaban J connectivity index is 1.60. The molecule has 26 heavy (non-hydrogen) atoms. The Morgan fingerprint density at radius 3 is 2.85 bits per heavy atom. The third-order valence-electron chi connectivity index (χ3n) is 4.82. The molecular weight excluding hydrogens is 368 g/mol. The summed E-state index contributed by atoms with van der Waals surface area (Å²) in [7, 11) is 0. The number of hydrogen-bond acceptors (Lipinski definition) is 6. The Hall–Kier alpha value is -1.80. The van der Waals surface area contributed by atoms with E-state index in [9.17, 15) is 9.59 Å². The van der Waals surface area contributed by atoms with Crippen molar-refractivity contribution in [1.82, 2.24) is 15.1 Å². The first-order chi connectivity index (χ1) is 12.6. The maximum Gasteiger partial charge on any atom is 0.263 e. The van der Waals surface area contributed by atoms with Crippen molar-refractivity contribution < 1.29 is 9.59 Å². The highest BCUT2D eigenvalue weighted by Crippen LogP contribution is 2.29. The zero-order chi connectivity index (χ0) is 18.5. The Bertz CT molecular complexity index is 740. The molecule has 6 nitrogen and oxygen atoms in total. The van der Waals surface area contributed by atoms with E-state index < -0.39 is 0 Å². The van der Waals surface area contributed by atoms with Crippen molar-refractivity contribution in [2.24, 2.45) is 5.92 Å². The van der Waals surface area contributed by atoms with Gasteiger partial charge in [-0.3, -0.25) is 9.59 Å². The highest BCUT2D eigenvalue weighted by Gasteiger charge is 2.30. The molecule has 2 amide bonds. The minimum Gasteiger partial charge on any atom is -0.337 e. The number of amides is 2. The van der Waals surface area contributed by atoms with Crippen molar-refractivity contribution in [2.75, 3.05) is 18.4 Å². The number of nitrogens with zero attached hydrogens (tertiary/aromatic N) is 3. The molecule has 0 saturated carbocycles. The third kappa shape index (κ3) is 4.29. The summed E-state index contributed by atoms with van der Waals surface area (Å²) in [5, 5.41) is 14.7. The van der Waals surface area contributed by atoms with Crippen molar-refractivity contribution in [3.05, 3.63) is 27.4 Å². The Labute approximate surface area is 161 Å². The van der Waals surface area contributed by atoms with E-state index in [2.05, 4.69) is 29.4 Å². The maximum atomic E-state index is 12.6. The number of hydrogen-bond donors (Lipinski definition) is 1. The van der Waals surface area contributed by atoms with E-state index in [-0.39, 0.29) is 17.7 Å². The highest BCUT2D eigenvalue weighted by molar-refractivity contribution is 7.15.